The third-order valence-corrected chi connectivity index (χ3v) is 4.54. The van der Waals surface area contributed by atoms with E-state index in [4.69, 9.17) is 4.74 Å². The van der Waals surface area contributed by atoms with Crippen LogP contribution in [-0.2, 0) is 11.2 Å². The summed E-state index contributed by atoms with van der Waals surface area (Å²) in [6, 6.07) is 14.4. The van der Waals surface area contributed by atoms with E-state index in [0.29, 0.717) is 18.6 Å². The lowest BCUT2D eigenvalue weighted by Crippen LogP contribution is -2.57. The molecule has 1 saturated carbocycles. The van der Waals surface area contributed by atoms with E-state index in [2.05, 4.69) is 5.32 Å². The van der Waals surface area contributed by atoms with Crippen molar-refractivity contribution in [1.82, 2.24) is 5.32 Å². The summed E-state index contributed by atoms with van der Waals surface area (Å²) in [6.45, 7) is 0. The summed E-state index contributed by atoms with van der Waals surface area (Å²) < 4.78 is 18.8. The maximum absolute atomic E-state index is 13.2. The minimum atomic E-state index is -1.17. The highest BCUT2D eigenvalue weighted by Crippen LogP contribution is 2.25. The van der Waals surface area contributed by atoms with Crippen molar-refractivity contribution in [2.75, 3.05) is 0 Å². The van der Waals surface area contributed by atoms with Gasteiger partial charge < -0.3 is 20.3 Å². The predicted octanol–water partition coefficient (Wildman–Crippen LogP) is 1.82. The van der Waals surface area contributed by atoms with Gasteiger partial charge >= 0.3 is 0 Å². The number of ether oxygens (including phenoxy) is 1. The molecule has 3 rings (SSSR count). The van der Waals surface area contributed by atoms with Gasteiger partial charge in [0, 0.05) is 6.07 Å². The maximum atomic E-state index is 13.2. The molecule has 0 unspecified atom stereocenters. The minimum absolute atomic E-state index is 0.211. The molecular formula is C20H22FNO4. The number of hydrogen-bond donors (Lipinski definition) is 3. The van der Waals surface area contributed by atoms with Crippen molar-refractivity contribution >= 4 is 5.91 Å². The van der Waals surface area contributed by atoms with Crippen LogP contribution >= 0.6 is 0 Å². The molecule has 0 radical (unpaired) electrons. The van der Waals surface area contributed by atoms with E-state index in [1.165, 1.54) is 18.2 Å². The summed E-state index contributed by atoms with van der Waals surface area (Å²) in [6.07, 6.45) is -1.88. The fourth-order valence-corrected chi connectivity index (χ4v) is 3.18. The quantitative estimate of drug-likeness (QED) is 0.761. The van der Waals surface area contributed by atoms with E-state index < -0.39 is 30.2 Å². The van der Waals surface area contributed by atoms with Crippen LogP contribution in [0.1, 0.15) is 18.4 Å². The van der Waals surface area contributed by atoms with E-state index in [9.17, 15) is 19.4 Å². The highest BCUT2D eigenvalue weighted by atomic mass is 19.1. The van der Waals surface area contributed by atoms with Crippen molar-refractivity contribution < 1.29 is 24.1 Å². The number of aliphatic hydroxyl groups is 2. The summed E-state index contributed by atoms with van der Waals surface area (Å²) in [5.74, 6) is -0.343. The van der Waals surface area contributed by atoms with E-state index in [1.54, 1.807) is 6.07 Å². The molecule has 4 atom stereocenters. The second kappa shape index (κ2) is 8.29. The Bertz CT molecular complexity index is 740. The molecule has 0 bridgehead atoms. The van der Waals surface area contributed by atoms with Gasteiger partial charge in [-0.15, -0.1) is 0 Å². The molecule has 1 aliphatic carbocycles. The average Bonchev–Trinajstić information content (AvgIpc) is 2.62. The zero-order valence-electron chi connectivity index (χ0n) is 14.2. The summed E-state index contributed by atoms with van der Waals surface area (Å²) in [7, 11) is 0. The van der Waals surface area contributed by atoms with Crippen LogP contribution in [0, 0.1) is 5.82 Å². The Morgan fingerprint density at radius 3 is 2.58 bits per heavy atom. The molecule has 3 N–H and O–H groups in total. The first-order valence-electron chi connectivity index (χ1n) is 8.64. The minimum Gasteiger partial charge on any atom is -0.488 e. The number of nitrogens with one attached hydrogen (secondary N) is 1. The molecule has 0 spiro atoms. The van der Waals surface area contributed by atoms with Crippen molar-refractivity contribution in [2.24, 2.45) is 0 Å². The van der Waals surface area contributed by atoms with Crippen LogP contribution in [0.25, 0.3) is 0 Å². The first-order valence-corrected chi connectivity index (χ1v) is 8.64. The van der Waals surface area contributed by atoms with Crippen LogP contribution in [0.3, 0.4) is 0 Å². The second-order valence-electron chi connectivity index (χ2n) is 6.51. The van der Waals surface area contributed by atoms with Gasteiger partial charge in [-0.3, -0.25) is 4.79 Å². The van der Waals surface area contributed by atoms with E-state index in [-0.39, 0.29) is 12.3 Å². The molecule has 1 fully saturated rings. The lowest BCUT2D eigenvalue weighted by atomic mass is 9.87. The fourth-order valence-electron chi connectivity index (χ4n) is 3.18. The lowest BCUT2D eigenvalue weighted by Gasteiger charge is -2.37. The van der Waals surface area contributed by atoms with Crippen molar-refractivity contribution in [3.05, 3.63) is 66.0 Å². The molecular weight excluding hydrogens is 337 g/mol. The second-order valence-corrected chi connectivity index (χ2v) is 6.51. The Hall–Kier alpha value is -2.44. The van der Waals surface area contributed by atoms with Crippen molar-refractivity contribution in [2.45, 2.75) is 43.6 Å². The van der Waals surface area contributed by atoms with Gasteiger partial charge in [-0.25, -0.2) is 4.39 Å². The number of amides is 1. The predicted molar refractivity (Wildman–Crippen MR) is 94.1 cm³/mol. The van der Waals surface area contributed by atoms with Crippen LogP contribution in [0.2, 0.25) is 0 Å². The SMILES string of the molecule is O=C(Cc1ccccc1)N[C@@H]1CC[C@@H](Oc2cccc(F)c2)[C@@H](O)[C@@H]1O. The molecule has 1 aliphatic rings. The topological polar surface area (TPSA) is 78.8 Å². The maximum Gasteiger partial charge on any atom is 0.224 e. The Kier molecular flexibility index (Phi) is 5.85. The number of carbonyl (C=O) groups is 1. The van der Waals surface area contributed by atoms with E-state index in [1.807, 2.05) is 30.3 Å². The Balaban J connectivity index is 1.55. The molecule has 2 aromatic rings. The van der Waals surface area contributed by atoms with Crippen molar-refractivity contribution in [3.63, 3.8) is 0 Å². The molecule has 0 saturated heterocycles. The van der Waals surface area contributed by atoms with Gasteiger partial charge in [0.15, 0.2) is 0 Å². The van der Waals surface area contributed by atoms with Gasteiger partial charge in [0.2, 0.25) is 5.91 Å². The lowest BCUT2D eigenvalue weighted by molar-refractivity contribution is -0.126. The summed E-state index contributed by atoms with van der Waals surface area (Å²) in [5, 5.41) is 23.4. The van der Waals surface area contributed by atoms with Crippen molar-refractivity contribution in [1.29, 1.82) is 0 Å². The first kappa shape index (κ1) is 18.4. The van der Waals surface area contributed by atoms with Crippen LogP contribution < -0.4 is 10.1 Å². The third-order valence-electron chi connectivity index (χ3n) is 4.54. The smallest absolute Gasteiger partial charge is 0.224 e. The average molecular weight is 359 g/mol. The first-order chi connectivity index (χ1) is 12.5. The van der Waals surface area contributed by atoms with E-state index in [0.717, 1.165) is 5.56 Å². The molecule has 0 aliphatic heterocycles. The standard InChI is InChI=1S/C20H22FNO4/c21-14-7-4-8-15(12-14)26-17-10-9-16(19(24)20(17)25)22-18(23)11-13-5-2-1-3-6-13/h1-8,12,16-17,19-20,24-25H,9-11H2,(H,22,23)/t16-,17-,19-,20-/m1/s1. The Morgan fingerprint density at radius 2 is 1.85 bits per heavy atom. The highest BCUT2D eigenvalue weighted by Gasteiger charge is 2.39. The molecule has 138 valence electrons. The monoisotopic (exact) mass is 359 g/mol. The van der Waals surface area contributed by atoms with Crippen LogP contribution in [-0.4, -0.2) is 40.5 Å². The van der Waals surface area contributed by atoms with Gasteiger partial charge in [0.25, 0.3) is 0 Å². The van der Waals surface area contributed by atoms with Crippen LogP contribution in [0.5, 0.6) is 5.75 Å². The number of hydrogen-bond acceptors (Lipinski definition) is 4. The highest BCUT2D eigenvalue weighted by molar-refractivity contribution is 5.78. The normalized spacial score (nSPS) is 25.5. The summed E-state index contributed by atoms with van der Waals surface area (Å²) in [4.78, 5) is 12.2. The largest absolute Gasteiger partial charge is 0.488 e. The Labute approximate surface area is 151 Å². The summed E-state index contributed by atoms with van der Waals surface area (Å²) in [5.41, 5.74) is 0.878. The van der Waals surface area contributed by atoms with Gasteiger partial charge in [0.1, 0.15) is 29.9 Å². The number of halogens is 1. The number of aliphatic hydroxyl groups excluding tert-OH is 2. The van der Waals surface area contributed by atoms with E-state index >= 15 is 0 Å². The zero-order chi connectivity index (χ0) is 18.5. The molecule has 0 heterocycles. The summed E-state index contributed by atoms with van der Waals surface area (Å²) >= 11 is 0. The molecule has 2 aromatic carbocycles. The van der Waals surface area contributed by atoms with Gasteiger partial charge in [-0.05, 0) is 30.5 Å². The van der Waals surface area contributed by atoms with Crippen LogP contribution in [0.4, 0.5) is 4.39 Å². The fraction of sp³-hybridized carbons (Fsp3) is 0.350. The Morgan fingerprint density at radius 1 is 1.08 bits per heavy atom. The zero-order valence-corrected chi connectivity index (χ0v) is 14.2. The van der Waals surface area contributed by atoms with Gasteiger partial charge in [0.05, 0.1) is 12.5 Å². The van der Waals surface area contributed by atoms with Gasteiger partial charge in [-0.2, -0.15) is 0 Å². The third kappa shape index (κ3) is 4.59. The molecule has 1 amide bonds. The molecule has 26 heavy (non-hydrogen) atoms. The molecule has 0 aromatic heterocycles. The number of benzene rings is 2. The van der Waals surface area contributed by atoms with Crippen LogP contribution in [0.15, 0.2) is 54.6 Å². The molecule has 5 nitrogen and oxygen atoms in total. The van der Waals surface area contributed by atoms with Crippen molar-refractivity contribution in [3.8, 4) is 5.75 Å². The van der Waals surface area contributed by atoms with Gasteiger partial charge in [-0.1, -0.05) is 36.4 Å². The number of rotatable bonds is 5. The number of carbonyl (C=O) groups excluding carboxylic acids is 1. The molecule has 6 heteroatoms.